The molecule has 0 unspecified atom stereocenters. The van der Waals surface area contributed by atoms with Crippen LogP contribution in [-0.2, 0) is 4.79 Å². The minimum Gasteiger partial charge on any atom is -0.504 e. The zero-order chi connectivity index (χ0) is 17.5. The second-order valence-electron chi connectivity index (χ2n) is 5.09. The number of phenols is 1. The van der Waals surface area contributed by atoms with Crippen molar-refractivity contribution in [1.82, 2.24) is 0 Å². The smallest absolute Gasteiger partial charge is 0.256 e. The Labute approximate surface area is 140 Å². The fourth-order valence-corrected chi connectivity index (χ4v) is 2.03. The van der Waals surface area contributed by atoms with Gasteiger partial charge in [0.05, 0.1) is 7.11 Å². The van der Waals surface area contributed by atoms with Crippen molar-refractivity contribution in [2.45, 2.75) is 0 Å². The van der Waals surface area contributed by atoms with Crippen LogP contribution < -0.4 is 4.74 Å². The van der Waals surface area contributed by atoms with Crippen molar-refractivity contribution in [3.8, 4) is 11.5 Å². The van der Waals surface area contributed by atoms with Crippen LogP contribution in [0.1, 0.15) is 11.1 Å². The van der Waals surface area contributed by atoms with Gasteiger partial charge in [-0.1, -0.05) is 30.4 Å². The molecule has 1 N–H and O–H groups in total. The zero-order valence-electron chi connectivity index (χ0n) is 13.5. The van der Waals surface area contributed by atoms with Crippen molar-refractivity contribution in [1.29, 1.82) is 0 Å². The van der Waals surface area contributed by atoms with E-state index in [1.807, 2.05) is 6.07 Å². The largest absolute Gasteiger partial charge is 0.504 e. The summed E-state index contributed by atoms with van der Waals surface area (Å²) < 4.78 is 5.78. The van der Waals surface area contributed by atoms with Crippen LogP contribution in [0.5, 0.6) is 11.5 Å². The number of carbonyl (C=O) groups excluding carboxylic acids is 1. The van der Waals surface area contributed by atoms with Gasteiger partial charge < -0.3 is 9.84 Å². The molecule has 2 aromatic carbocycles. The average molecular weight is 324 g/mol. The predicted molar refractivity (Wildman–Crippen MR) is 93.4 cm³/mol. The lowest BCUT2D eigenvalue weighted by atomic mass is 10.1. The molecule has 0 radical (unpaired) electrons. The molecular formula is C19H18NO4+. The Bertz CT molecular complexity index is 822. The van der Waals surface area contributed by atoms with Crippen molar-refractivity contribution >= 4 is 23.6 Å². The Hall–Kier alpha value is -3.21. The van der Waals surface area contributed by atoms with Gasteiger partial charge in [0.1, 0.15) is 0 Å². The molecule has 0 aromatic heterocycles. The van der Waals surface area contributed by atoms with E-state index in [1.54, 1.807) is 42.5 Å². The summed E-state index contributed by atoms with van der Waals surface area (Å²) in [7, 11) is 2.88. The first-order chi connectivity index (χ1) is 11.5. The lowest BCUT2D eigenvalue weighted by molar-refractivity contribution is -0.428. The number of allylic oxidation sites excluding steroid dienone is 2. The van der Waals surface area contributed by atoms with Gasteiger partial charge in [-0.15, -0.1) is 0 Å². The lowest BCUT2D eigenvalue weighted by Gasteiger charge is -2.03. The van der Waals surface area contributed by atoms with Crippen LogP contribution >= 0.6 is 0 Å². The molecule has 0 saturated heterocycles. The molecule has 0 spiro atoms. The quantitative estimate of drug-likeness (QED) is 0.649. The minimum absolute atomic E-state index is 0.0455. The summed E-state index contributed by atoms with van der Waals surface area (Å²) in [5, 5.41) is 9.53. The van der Waals surface area contributed by atoms with E-state index in [9.17, 15) is 14.8 Å². The van der Waals surface area contributed by atoms with Gasteiger partial charge >= 0.3 is 0 Å². The Morgan fingerprint density at radius 2 is 1.75 bits per heavy atom. The number of rotatable bonds is 6. The predicted octanol–water partition coefficient (Wildman–Crippen LogP) is 3.74. The normalized spacial score (nSPS) is 11.1. The van der Waals surface area contributed by atoms with Crippen LogP contribution in [0.25, 0.3) is 12.2 Å². The number of phenolic OH excluding ortho intramolecular Hbond substituents is 1. The number of hydrogen-bond acceptors (Lipinski definition) is 4. The Morgan fingerprint density at radius 1 is 1.08 bits per heavy atom. The summed E-state index contributed by atoms with van der Waals surface area (Å²) >= 11 is 0. The topological polar surface area (TPSA) is 66.6 Å². The SMILES string of the molecule is COc1cc(/C=C/C(=O)/C=C/c2cccc([N+](C)=O)c2)ccc1O. The molecule has 2 rings (SSSR count). The Kier molecular flexibility index (Phi) is 5.63. The number of hydrogen-bond donors (Lipinski definition) is 1. The molecule has 24 heavy (non-hydrogen) atoms. The summed E-state index contributed by atoms with van der Waals surface area (Å²) in [6, 6.07) is 11.8. The molecule has 0 aliphatic rings. The lowest BCUT2D eigenvalue weighted by Crippen LogP contribution is -1.90. The maximum Gasteiger partial charge on any atom is 0.256 e. The highest BCUT2D eigenvalue weighted by molar-refractivity contribution is 6.04. The average Bonchev–Trinajstić information content (AvgIpc) is 2.59. The number of nitroso groups, excluding NO2 is 1. The van der Waals surface area contributed by atoms with Crippen molar-refractivity contribution in [2.24, 2.45) is 0 Å². The number of aromatic hydroxyl groups is 1. The van der Waals surface area contributed by atoms with E-state index in [4.69, 9.17) is 4.74 Å². The summed E-state index contributed by atoms with van der Waals surface area (Å²) in [5.41, 5.74) is 2.03. The molecule has 0 heterocycles. The molecule has 0 amide bonds. The summed E-state index contributed by atoms with van der Waals surface area (Å²) in [4.78, 5) is 23.2. The highest BCUT2D eigenvalue weighted by Crippen LogP contribution is 2.26. The monoisotopic (exact) mass is 324 g/mol. The molecule has 0 saturated carbocycles. The van der Waals surface area contributed by atoms with Crippen molar-refractivity contribution < 1.29 is 19.4 Å². The first-order valence-electron chi connectivity index (χ1n) is 7.27. The standard InChI is InChI=1S/C19H17NO4/c1-20(23)16-5-3-4-14(12-16)6-9-17(21)10-7-15-8-11-18(22)19(13-15)24-2/h3-13H,1-2H3/p+1/b9-6+. The van der Waals surface area contributed by atoms with Crippen LogP contribution in [0.4, 0.5) is 5.69 Å². The summed E-state index contributed by atoms with van der Waals surface area (Å²) in [6.07, 6.45) is 6.14. The second kappa shape index (κ2) is 7.87. The number of nitrogens with zero attached hydrogens (tertiary/aromatic N) is 1. The Balaban J connectivity index is 2.07. The van der Waals surface area contributed by atoms with Gasteiger partial charge in [-0.25, -0.2) is 0 Å². The van der Waals surface area contributed by atoms with E-state index in [0.717, 1.165) is 15.9 Å². The third kappa shape index (κ3) is 4.64. The van der Waals surface area contributed by atoms with Crippen molar-refractivity contribution in [3.05, 3.63) is 70.7 Å². The molecular weight excluding hydrogens is 306 g/mol. The van der Waals surface area contributed by atoms with Crippen LogP contribution in [0.3, 0.4) is 0 Å². The molecule has 0 atom stereocenters. The van der Waals surface area contributed by atoms with E-state index in [1.165, 1.54) is 32.4 Å². The van der Waals surface area contributed by atoms with Gasteiger partial charge in [0.15, 0.2) is 24.3 Å². The van der Waals surface area contributed by atoms with Crippen LogP contribution in [0.15, 0.2) is 54.6 Å². The molecule has 0 aliphatic heterocycles. The fraction of sp³-hybridized carbons (Fsp3) is 0.105. The zero-order valence-corrected chi connectivity index (χ0v) is 13.5. The molecule has 5 heteroatoms. The maximum absolute atomic E-state index is 11.9. The molecule has 0 aliphatic carbocycles. The van der Waals surface area contributed by atoms with Crippen LogP contribution in [0, 0.1) is 4.91 Å². The van der Waals surface area contributed by atoms with Crippen LogP contribution in [-0.4, -0.2) is 29.8 Å². The molecule has 122 valence electrons. The number of benzene rings is 2. The third-order valence-electron chi connectivity index (χ3n) is 3.32. The highest BCUT2D eigenvalue weighted by atomic mass is 16.5. The molecule has 0 bridgehead atoms. The number of ketones is 1. The van der Waals surface area contributed by atoms with Gasteiger partial charge in [0.2, 0.25) is 0 Å². The summed E-state index contributed by atoms with van der Waals surface area (Å²) in [6.45, 7) is 0. The minimum atomic E-state index is -0.192. The Morgan fingerprint density at radius 3 is 2.38 bits per heavy atom. The van der Waals surface area contributed by atoms with E-state index in [2.05, 4.69) is 0 Å². The third-order valence-corrected chi connectivity index (χ3v) is 3.32. The van der Waals surface area contributed by atoms with Gasteiger partial charge in [0.25, 0.3) is 5.69 Å². The molecule has 2 aromatic rings. The van der Waals surface area contributed by atoms with E-state index >= 15 is 0 Å². The molecule has 5 nitrogen and oxygen atoms in total. The van der Waals surface area contributed by atoms with Crippen LogP contribution in [0.2, 0.25) is 0 Å². The van der Waals surface area contributed by atoms with Gasteiger partial charge in [0, 0.05) is 21.8 Å². The number of methoxy groups -OCH3 is 1. The maximum atomic E-state index is 11.9. The van der Waals surface area contributed by atoms with E-state index in [-0.39, 0.29) is 11.5 Å². The second-order valence-corrected chi connectivity index (χ2v) is 5.09. The number of ether oxygens (including phenoxy) is 1. The van der Waals surface area contributed by atoms with Gasteiger partial charge in [-0.2, -0.15) is 0 Å². The number of carbonyl (C=O) groups is 1. The fourth-order valence-electron chi connectivity index (χ4n) is 2.03. The van der Waals surface area contributed by atoms with Crippen molar-refractivity contribution in [2.75, 3.05) is 14.2 Å². The first-order valence-corrected chi connectivity index (χ1v) is 7.27. The molecule has 0 fully saturated rings. The van der Waals surface area contributed by atoms with E-state index in [0.29, 0.717) is 11.4 Å². The highest BCUT2D eigenvalue weighted by Gasteiger charge is 2.05. The van der Waals surface area contributed by atoms with Gasteiger partial charge in [-0.3, -0.25) is 4.79 Å². The first kappa shape index (κ1) is 17.1. The van der Waals surface area contributed by atoms with E-state index < -0.39 is 0 Å². The van der Waals surface area contributed by atoms with Gasteiger partial charge in [-0.05, 0) is 35.4 Å². The summed E-state index contributed by atoms with van der Waals surface area (Å²) in [5.74, 6) is 0.200. The van der Waals surface area contributed by atoms with Crippen molar-refractivity contribution in [3.63, 3.8) is 0 Å².